The lowest BCUT2D eigenvalue weighted by molar-refractivity contribution is -0.135. The van der Waals surface area contributed by atoms with E-state index in [-0.39, 0.29) is 35.0 Å². The van der Waals surface area contributed by atoms with Gasteiger partial charge in [-0.1, -0.05) is 0 Å². The summed E-state index contributed by atoms with van der Waals surface area (Å²) in [5, 5.41) is 2.43. The molecule has 19 heavy (non-hydrogen) atoms. The first kappa shape index (κ1) is 14.0. The molecule has 1 fully saturated rings. The van der Waals surface area contributed by atoms with E-state index in [0.717, 1.165) is 0 Å². The highest BCUT2D eigenvalue weighted by Gasteiger charge is 2.40. The first-order chi connectivity index (χ1) is 8.99. The van der Waals surface area contributed by atoms with E-state index in [0.29, 0.717) is 5.76 Å². The van der Waals surface area contributed by atoms with E-state index in [1.54, 1.807) is 17.2 Å². The number of nitrogens with zero attached hydrogens (tertiary/aromatic N) is 1. The van der Waals surface area contributed by atoms with E-state index in [9.17, 15) is 9.59 Å². The number of thioether (sulfide) groups is 1. The number of hydrogen-bond donors (Lipinski definition) is 1. The van der Waals surface area contributed by atoms with Crippen LogP contribution in [0.5, 0.6) is 0 Å². The fourth-order valence-corrected chi connectivity index (χ4v) is 3.24. The lowest BCUT2D eigenvalue weighted by atomic mass is 10.3. The molecule has 0 aliphatic carbocycles. The van der Waals surface area contributed by atoms with Gasteiger partial charge >= 0.3 is 0 Å². The van der Waals surface area contributed by atoms with Gasteiger partial charge in [-0.3, -0.25) is 9.59 Å². The van der Waals surface area contributed by atoms with E-state index >= 15 is 0 Å². The maximum atomic E-state index is 12.1. The van der Waals surface area contributed by atoms with Gasteiger partial charge < -0.3 is 14.6 Å². The van der Waals surface area contributed by atoms with Crippen LogP contribution in [0.25, 0.3) is 0 Å². The topological polar surface area (TPSA) is 62.6 Å². The molecule has 0 saturated carbocycles. The summed E-state index contributed by atoms with van der Waals surface area (Å²) in [6.45, 7) is 5.71. The summed E-state index contributed by atoms with van der Waals surface area (Å²) in [5.41, 5.74) is 0. The maximum absolute atomic E-state index is 12.1. The zero-order valence-electron chi connectivity index (χ0n) is 11.3. The number of carbonyl (C=O) groups excluding carboxylic acids is 2. The van der Waals surface area contributed by atoms with Crippen molar-refractivity contribution >= 4 is 23.6 Å². The molecule has 1 saturated heterocycles. The maximum Gasteiger partial charge on any atom is 0.239 e. The van der Waals surface area contributed by atoms with E-state index in [1.165, 1.54) is 11.8 Å². The molecule has 0 aromatic carbocycles. The van der Waals surface area contributed by atoms with Gasteiger partial charge in [0.1, 0.15) is 17.7 Å². The molecule has 2 heterocycles. The van der Waals surface area contributed by atoms with Gasteiger partial charge in [-0.2, -0.15) is 0 Å². The van der Waals surface area contributed by atoms with Crippen molar-refractivity contribution in [2.45, 2.75) is 37.4 Å². The summed E-state index contributed by atoms with van der Waals surface area (Å²) in [7, 11) is 0. The number of rotatable bonds is 4. The van der Waals surface area contributed by atoms with Gasteiger partial charge in [0.15, 0.2) is 0 Å². The molecular weight excluding hydrogens is 264 g/mol. The molecular formula is C13H18N2O3S. The van der Waals surface area contributed by atoms with E-state index in [1.807, 2.05) is 26.8 Å². The van der Waals surface area contributed by atoms with Crippen LogP contribution in [0.2, 0.25) is 0 Å². The van der Waals surface area contributed by atoms with Crippen LogP contribution < -0.4 is 5.32 Å². The first-order valence-electron chi connectivity index (χ1n) is 6.27. The molecule has 1 N–H and O–H groups in total. The molecule has 5 nitrogen and oxygen atoms in total. The van der Waals surface area contributed by atoms with Gasteiger partial charge in [-0.15, -0.1) is 11.8 Å². The third-order valence-electron chi connectivity index (χ3n) is 2.80. The summed E-state index contributed by atoms with van der Waals surface area (Å²) < 4.78 is 5.36. The van der Waals surface area contributed by atoms with Gasteiger partial charge in [-0.05, 0) is 32.9 Å². The Hall–Kier alpha value is -1.43. The summed E-state index contributed by atoms with van der Waals surface area (Å²) in [5.74, 6) is 0.542. The summed E-state index contributed by atoms with van der Waals surface area (Å²) in [6, 6.07) is 3.68. The van der Waals surface area contributed by atoms with Crippen molar-refractivity contribution in [3.8, 4) is 0 Å². The Balaban J connectivity index is 2.11. The van der Waals surface area contributed by atoms with Gasteiger partial charge in [0.05, 0.1) is 11.5 Å². The van der Waals surface area contributed by atoms with E-state index in [2.05, 4.69) is 5.32 Å². The van der Waals surface area contributed by atoms with Crippen LogP contribution in [0.4, 0.5) is 0 Å². The van der Waals surface area contributed by atoms with Gasteiger partial charge in [0.25, 0.3) is 0 Å². The average Bonchev–Trinajstić information content (AvgIpc) is 2.92. The van der Waals surface area contributed by atoms with Crippen molar-refractivity contribution in [3.63, 3.8) is 0 Å². The minimum absolute atomic E-state index is 0.0229. The Bertz CT molecular complexity index is 458. The molecule has 2 atom stereocenters. The second-order valence-electron chi connectivity index (χ2n) is 4.83. The largest absolute Gasteiger partial charge is 0.466 e. The minimum Gasteiger partial charge on any atom is -0.466 e. The first-order valence-corrected chi connectivity index (χ1v) is 7.22. The smallest absolute Gasteiger partial charge is 0.239 e. The third kappa shape index (κ3) is 3.12. The van der Waals surface area contributed by atoms with E-state index < -0.39 is 0 Å². The van der Waals surface area contributed by atoms with Crippen molar-refractivity contribution in [3.05, 3.63) is 24.2 Å². The normalized spacial score (nSPS) is 23.2. The highest BCUT2D eigenvalue weighted by atomic mass is 32.2. The quantitative estimate of drug-likeness (QED) is 0.914. The average molecular weight is 282 g/mol. The van der Waals surface area contributed by atoms with Crippen molar-refractivity contribution in [2.24, 2.45) is 0 Å². The Morgan fingerprint density at radius 3 is 2.89 bits per heavy atom. The van der Waals surface area contributed by atoms with Crippen molar-refractivity contribution in [1.29, 1.82) is 0 Å². The molecule has 1 aliphatic heterocycles. The van der Waals surface area contributed by atoms with Crippen LogP contribution in [-0.2, 0) is 9.59 Å². The predicted molar refractivity (Wildman–Crippen MR) is 73.5 cm³/mol. The van der Waals surface area contributed by atoms with Crippen molar-refractivity contribution in [1.82, 2.24) is 10.2 Å². The SMILES string of the molecule is CC(C)NC(=O)CN1C(=O)[C@H](C)S[C@@H]1c1ccco1. The number of hydrogen-bond acceptors (Lipinski definition) is 4. The zero-order chi connectivity index (χ0) is 14.0. The van der Waals surface area contributed by atoms with Gasteiger partial charge in [-0.25, -0.2) is 0 Å². The number of amides is 2. The molecule has 2 rings (SSSR count). The third-order valence-corrected chi connectivity index (χ3v) is 4.15. The minimum atomic E-state index is -0.213. The number of nitrogens with one attached hydrogen (secondary N) is 1. The summed E-state index contributed by atoms with van der Waals surface area (Å²) in [6.07, 6.45) is 1.58. The lowest BCUT2D eigenvalue weighted by Gasteiger charge is -2.22. The molecule has 0 radical (unpaired) electrons. The molecule has 1 aromatic rings. The van der Waals surface area contributed by atoms with Crippen molar-refractivity contribution < 1.29 is 14.0 Å². The predicted octanol–water partition coefficient (Wildman–Crippen LogP) is 1.77. The van der Waals surface area contributed by atoms with Crippen LogP contribution in [-0.4, -0.2) is 34.6 Å². The highest BCUT2D eigenvalue weighted by Crippen LogP contribution is 2.42. The number of furan rings is 1. The van der Waals surface area contributed by atoms with Gasteiger partial charge in [0.2, 0.25) is 11.8 Å². The zero-order valence-corrected chi connectivity index (χ0v) is 12.1. The van der Waals surface area contributed by atoms with Gasteiger partial charge in [0, 0.05) is 6.04 Å². The van der Waals surface area contributed by atoms with Crippen LogP contribution in [0, 0.1) is 0 Å². The summed E-state index contributed by atoms with van der Waals surface area (Å²) in [4.78, 5) is 25.5. The molecule has 0 unspecified atom stereocenters. The molecule has 104 valence electrons. The fourth-order valence-electron chi connectivity index (χ4n) is 2.01. The van der Waals surface area contributed by atoms with Crippen LogP contribution in [0.1, 0.15) is 31.9 Å². The molecule has 0 bridgehead atoms. The molecule has 1 aliphatic rings. The molecule has 6 heteroatoms. The fraction of sp³-hybridized carbons (Fsp3) is 0.538. The van der Waals surface area contributed by atoms with E-state index in [4.69, 9.17) is 4.42 Å². The molecule has 2 amide bonds. The van der Waals surface area contributed by atoms with Crippen LogP contribution in [0.15, 0.2) is 22.8 Å². The second kappa shape index (κ2) is 5.69. The molecule has 1 aromatic heterocycles. The Kier molecular flexibility index (Phi) is 4.19. The Labute approximate surface area is 116 Å². The molecule has 0 spiro atoms. The number of carbonyl (C=O) groups is 2. The standard InChI is InChI=1S/C13H18N2O3S/c1-8(2)14-11(16)7-15-12(17)9(3)19-13(15)10-5-4-6-18-10/h4-6,8-9,13H,7H2,1-3H3,(H,14,16)/t9-,13+/m0/s1. The van der Waals surface area contributed by atoms with Crippen LogP contribution >= 0.6 is 11.8 Å². The van der Waals surface area contributed by atoms with Crippen LogP contribution in [0.3, 0.4) is 0 Å². The second-order valence-corrected chi connectivity index (χ2v) is 6.26. The van der Waals surface area contributed by atoms with Crippen molar-refractivity contribution in [2.75, 3.05) is 6.54 Å². The highest BCUT2D eigenvalue weighted by molar-refractivity contribution is 8.01. The monoisotopic (exact) mass is 282 g/mol. The Morgan fingerprint density at radius 1 is 1.58 bits per heavy atom. The Morgan fingerprint density at radius 2 is 2.32 bits per heavy atom. The summed E-state index contributed by atoms with van der Waals surface area (Å²) >= 11 is 1.50. The lowest BCUT2D eigenvalue weighted by Crippen LogP contribution is -2.42.